The van der Waals surface area contributed by atoms with Crippen LogP contribution in [0.2, 0.25) is 0 Å². The second-order valence-corrected chi connectivity index (χ2v) is 6.41. The Morgan fingerprint density at radius 3 is 2.67 bits per heavy atom. The highest BCUT2D eigenvalue weighted by Crippen LogP contribution is 2.37. The van der Waals surface area contributed by atoms with Crippen LogP contribution in [0.4, 0.5) is 22.9 Å². The molecule has 0 saturated heterocycles. The van der Waals surface area contributed by atoms with E-state index in [1.54, 1.807) is 19.1 Å². The van der Waals surface area contributed by atoms with Gasteiger partial charge in [-0.15, -0.1) is 0 Å². The Labute approximate surface area is 153 Å². The molecule has 3 rings (SSSR count). The fraction of sp³-hybridized carbons (Fsp3) is 0.353. The van der Waals surface area contributed by atoms with Crippen LogP contribution in [-0.4, -0.2) is 61.9 Å². The van der Waals surface area contributed by atoms with Gasteiger partial charge in [0, 0.05) is 5.69 Å². The molecule has 0 bridgehead atoms. The van der Waals surface area contributed by atoms with E-state index in [2.05, 4.69) is 21.5 Å². The van der Waals surface area contributed by atoms with Gasteiger partial charge in [0.05, 0.1) is 24.5 Å². The first-order valence-corrected chi connectivity index (χ1v) is 8.23. The van der Waals surface area contributed by atoms with Crippen LogP contribution in [-0.2, 0) is 0 Å². The maximum absolute atomic E-state index is 12.3. The molecule has 1 aliphatic heterocycles. The number of H-pyrrole nitrogens is 1. The highest BCUT2D eigenvalue weighted by Gasteiger charge is 2.30. The lowest BCUT2D eigenvalue weighted by molar-refractivity contribution is -0.0726. The maximum atomic E-state index is 12.3. The fourth-order valence-corrected chi connectivity index (χ4v) is 2.87. The quantitative estimate of drug-likeness (QED) is 0.313. The Morgan fingerprint density at radius 2 is 2.00 bits per heavy atom. The van der Waals surface area contributed by atoms with Gasteiger partial charge < -0.3 is 36.0 Å². The second-order valence-electron chi connectivity index (χ2n) is 6.41. The molecule has 1 aromatic heterocycles. The smallest absolute Gasteiger partial charge is 0.279 e. The number of aromatic nitrogens is 2. The molecule has 144 valence electrons. The molecule has 0 fully saturated rings. The van der Waals surface area contributed by atoms with Crippen molar-refractivity contribution < 1.29 is 20.4 Å². The number of hydrogen-bond acceptors (Lipinski definition) is 9. The van der Waals surface area contributed by atoms with Crippen LogP contribution in [0.1, 0.15) is 5.56 Å². The standard InChI is InChI=1S/C17H21N5O5/c1-7-3-10-11(4-9(7)18)22(5-12(24)15(26)13(25)6-23)16-14(21-10)17(27)20-8(2)19-16/h3-4,12-13,15,23-26H,2,5-6,18H2,1H3,(H,20,27)/t12-,13+,15-/m0/s1. The zero-order valence-corrected chi connectivity index (χ0v) is 14.6. The van der Waals surface area contributed by atoms with Crippen molar-refractivity contribution in [3.8, 4) is 0 Å². The Balaban J connectivity index is 2.16. The van der Waals surface area contributed by atoms with Gasteiger partial charge in [0.15, 0.2) is 11.2 Å². The predicted octanol–water partition coefficient (Wildman–Crippen LogP) is -2.45. The van der Waals surface area contributed by atoms with Gasteiger partial charge in [-0.25, -0.2) is 9.98 Å². The number of hydrogen-bond donors (Lipinski definition) is 6. The summed E-state index contributed by atoms with van der Waals surface area (Å²) in [6, 6.07) is 3.33. The lowest BCUT2D eigenvalue weighted by Crippen LogP contribution is -2.48. The van der Waals surface area contributed by atoms with Crippen LogP contribution in [0, 0.1) is 6.92 Å². The normalized spacial score (nSPS) is 16.1. The van der Waals surface area contributed by atoms with Crippen molar-refractivity contribution in [1.29, 1.82) is 0 Å². The zero-order valence-electron chi connectivity index (χ0n) is 14.6. The molecule has 10 nitrogen and oxygen atoms in total. The average molecular weight is 375 g/mol. The van der Waals surface area contributed by atoms with Gasteiger partial charge in [0.2, 0.25) is 0 Å². The summed E-state index contributed by atoms with van der Waals surface area (Å²) < 4.78 is 0. The molecule has 1 aliphatic rings. The Hall–Kier alpha value is -2.79. The van der Waals surface area contributed by atoms with Crippen LogP contribution in [0.5, 0.6) is 0 Å². The Kier molecular flexibility index (Phi) is 4.98. The number of fused-ring (bicyclic) bond motifs is 2. The molecule has 7 N–H and O–H groups in total. The summed E-state index contributed by atoms with van der Waals surface area (Å²) in [4.78, 5) is 24.8. The third kappa shape index (κ3) is 3.43. The van der Waals surface area contributed by atoms with Crippen LogP contribution in [0.3, 0.4) is 0 Å². The molecule has 0 spiro atoms. The van der Waals surface area contributed by atoms with Crippen LogP contribution in [0.15, 0.2) is 21.9 Å². The molecule has 2 heterocycles. The number of benzene rings is 1. The SMILES string of the molecule is C=c1nc2c(c(=O)[nH]1)=Nc1cc(C)c(N)cc1N2C[C@H](O)[C@H](O)[C@H](O)CO. The van der Waals surface area contributed by atoms with E-state index < -0.39 is 30.5 Å². The van der Waals surface area contributed by atoms with Crippen molar-refractivity contribution in [2.75, 3.05) is 23.8 Å². The third-order valence-electron chi connectivity index (χ3n) is 4.41. The second kappa shape index (κ2) is 7.08. The molecule has 0 unspecified atom stereocenters. The van der Waals surface area contributed by atoms with E-state index in [-0.39, 0.29) is 23.2 Å². The molecule has 10 heteroatoms. The van der Waals surface area contributed by atoms with Gasteiger partial charge >= 0.3 is 0 Å². The number of nitrogens with one attached hydrogen (secondary N) is 1. The number of aliphatic hydroxyl groups excluding tert-OH is 4. The van der Waals surface area contributed by atoms with Gasteiger partial charge in [-0.2, -0.15) is 0 Å². The van der Waals surface area contributed by atoms with E-state index in [4.69, 9.17) is 10.8 Å². The lowest BCUT2D eigenvalue weighted by Gasteiger charge is -2.32. The number of rotatable bonds is 5. The molecule has 2 aromatic rings. The van der Waals surface area contributed by atoms with E-state index in [1.165, 1.54) is 4.90 Å². The minimum absolute atomic E-state index is 0.0310. The topological polar surface area (TPSA) is 168 Å². The van der Waals surface area contributed by atoms with Crippen LogP contribution >= 0.6 is 0 Å². The summed E-state index contributed by atoms with van der Waals surface area (Å²) in [5.41, 5.74) is 7.76. The molecule has 0 amide bonds. The van der Waals surface area contributed by atoms with Crippen LogP contribution in [0.25, 0.3) is 6.58 Å². The maximum Gasteiger partial charge on any atom is 0.279 e. The summed E-state index contributed by atoms with van der Waals surface area (Å²) in [6.07, 6.45) is -4.58. The van der Waals surface area contributed by atoms with E-state index in [1.807, 2.05) is 0 Å². The van der Waals surface area contributed by atoms with E-state index >= 15 is 0 Å². The summed E-state index contributed by atoms with van der Waals surface area (Å²) in [5, 5.41) is 38.9. The predicted molar refractivity (Wildman–Crippen MR) is 98.5 cm³/mol. The van der Waals surface area contributed by atoms with Crippen molar-refractivity contribution in [2.45, 2.75) is 25.2 Å². The zero-order chi connectivity index (χ0) is 19.9. The summed E-state index contributed by atoms with van der Waals surface area (Å²) in [5.74, 6) is 0.143. The number of anilines is 3. The number of nitrogens with zero attached hydrogens (tertiary/aromatic N) is 3. The average Bonchev–Trinajstić information content (AvgIpc) is 2.62. The molecular formula is C17H21N5O5. The highest BCUT2D eigenvalue weighted by molar-refractivity contribution is 5.80. The molecule has 0 saturated carbocycles. The summed E-state index contributed by atoms with van der Waals surface area (Å²) >= 11 is 0. The Morgan fingerprint density at radius 1 is 1.30 bits per heavy atom. The first kappa shape index (κ1) is 19.0. The highest BCUT2D eigenvalue weighted by atomic mass is 16.4. The van der Waals surface area contributed by atoms with Crippen molar-refractivity contribution in [3.63, 3.8) is 0 Å². The van der Waals surface area contributed by atoms with Crippen molar-refractivity contribution >= 4 is 29.5 Å². The molecule has 3 atom stereocenters. The molecule has 27 heavy (non-hydrogen) atoms. The number of nitrogens with two attached hydrogens (primary N) is 1. The van der Waals surface area contributed by atoms with Gasteiger partial charge in [0.1, 0.15) is 23.8 Å². The molecular weight excluding hydrogens is 354 g/mol. The number of nitrogen functional groups attached to an aromatic ring is 1. The Bertz CT molecular complexity index is 1040. The lowest BCUT2D eigenvalue weighted by atomic mass is 10.1. The van der Waals surface area contributed by atoms with Gasteiger partial charge in [-0.05, 0) is 24.6 Å². The minimum atomic E-state index is -1.61. The number of β-amino-alcohol motifs (C(OH)–C–C–N with tert-alkyl or cyclic N) is 1. The van der Waals surface area contributed by atoms with Crippen molar-refractivity contribution in [3.05, 3.63) is 38.9 Å². The molecule has 0 radical (unpaired) electrons. The van der Waals surface area contributed by atoms with E-state index in [0.29, 0.717) is 17.1 Å². The van der Waals surface area contributed by atoms with Crippen molar-refractivity contribution in [1.82, 2.24) is 9.97 Å². The first-order chi connectivity index (χ1) is 12.7. The monoisotopic (exact) mass is 375 g/mol. The first-order valence-electron chi connectivity index (χ1n) is 8.23. The van der Waals surface area contributed by atoms with E-state index in [0.717, 1.165) is 5.56 Å². The number of aliphatic hydroxyl groups is 4. The number of aromatic amines is 1. The number of aryl methyl sites for hydroxylation is 1. The van der Waals surface area contributed by atoms with Crippen molar-refractivity contribution in [2.24, 2.45) is 4.99 Å². The minimum Gasteiger partial charge on any atom is -0.398 e. The van der Waals surface area contributed by atoms with Gasteiger partial charge in [-0.3, -0.25) is 4.79 Å². The van der Waals surface area contributed by atoms with Gasteiger partial charge in [0.25, 0.3) is 5.56 Å². The fourth-order valence-electron chi connectivity index (χ4n) is 2.87. The van der Waals surface area contributed by atoms with Crippen LogP contribution < -0.4 is 27.0 Å². The summed E-state index contributed by atoms with van der Waals surface area (Å²) in [7, 11) is 0. The largest absolute Gasteiger partial charge is 0.398 e. The van der Waals surface area contributed by atoms with E-state index in [9.17, 15) is 20.1 Å². The van der Waals surface area contributed by atoms with Gasteiger partial charge in [-0.1, -0.05) is 6.58 Å². The third-order valence-corrected chi connectivity index (χ3v) is 4.41. The summed E-state index contributed by atoms with van der Waals surface area (Å²) in [6.45, 7) is 4.47. The molecule has 1 aromatic carbocycles. The molecule has 0 aliphatic carbocycles.